The van der Waals surface area contributed by atoms with Crippen LogP contribution in [0.25, 0.3) is 10.9 Å². The van der Waals surface area contributed by atoms with E-state index in [0.717, 1.165) is 25.8 Å². The Labute approximate surface area is 160 Å². The number of likely N-dealkylation sites (tertiary alicyclic amines) is 1. The largest absolute Gasteiger partial charge is 0.342 e. The van der Waals surface area contributed by atoms with Gasteiger partial charge in [0.2, 0.25) is 5.91 Å². The van der Waals surface area contributed by atoms with Gasteiger partial charge < -0.3 is 9.88 Å². The molecule has 5 heteroatoms. The summed E-state index contributed by atoms with van der Waals surface area (Å²) in [7, 11) is 0. The van der Waals surface area contributed by atoms with Crippen LogP contribution in [0, 0.1) is 5.41 Å². The average molecular weight is 367 g/mol. The molecule has 2 heterocycles. The standard InChI is InChI=1S/C22H29N3O2/c1-16(2)7-6-12-22(3)13-10-20(26)25(15-22)14-11-19-23-18-9-5-4-8-17(18)21(27)24-19/h4-5,7-9H,6,10-15H2,1-3H3,(H,23,24,27)/t22-/m0/s1. The average Bonchev–Trinajstić information content (AvgIpc) is 2.62. The van der Waals surface area contributed by atoms with E-state index in [-0.39, 0.29) is 16.9 Å². The van der Waals surface area contributed by atoms with Crippen molar-refractivity contribution in [3.63, 3.8) is 0 Å². The van der Waals surface area contributed by atoms with E-state index in [9.17, 15) is 9.59 Å². The van der Waals surface area contributed by atoms with Crippen molar-refractivity contribution in [3.8, 4) is 0 Å². The Hall–Kier alpha value is -2.43. The lowest BCUT2D eigenvalue weighted by atomic mass is 9.77. The number of carbonyl (C=O) groups is 1. The molecule has 27 heavy (non-hydrogen) atoms. The Balaban J connectivity index is 1.66. The van der Waals surface area contributed by atoms with E-state index in [1.807, 2.05) is 23.1 Å². The van der Waals surface area contributed by atoms with Crippen LogP contribution < -0.4 is 5.56 Å². The number of amides is 1. The fourth-order valence-corrected chi connectivity index (χ4v) is 3.81. The van der Waals surface area contributed by atoms with Crippen molar-refractivity contribution in [2.24, 2.45) is 5.41 Å². The van der Waals surface area contributed by atoms with E-state index < -0.39 is 0 Å². The predicted molar refractivity (Wildman–Crippen MR) is 109 cm³/mol. The SMILES string of the molecule is CC(C)=CCC[C@@]1(C)CCC(=O)N(CCc2nc3ccccc3c(=O)[nH]2)C1. The molecular formula is C22H29N3O2. The summed E-state index contributed by atoms with van der Waals surface area (Å²) in [5, 5.41) is 0.599. The van der Waals surface area contributed by atoms with Crippen molar-refractivity contribution in [1.82, 2.24) is 14.9 Å². The summed E-state index contributed by atoms with van der Waals surface area (Å²) >= 11 is 0. The summed E-state index contributed by atoms with van der Waals surface area (Å²) in [6.07, 6.45) is 6.54. The fraction of sp³-hybridized carbons (Fsp3) is 0.500. The summed E-state index contributed by atoms with van der Waals surface area (Å²) in [4.78, 5) is 34.0. The topological polar surface area (TPSA) is 66.1 Å². The monoisotopic (exact) mass is 367 g/mol. The number of hydrogen-bond donors (Lipinski definition) is 1. The molecule has 144 valence electrons. The Morgan fingerprint density at radius 3 is 2.85 bits per heavy atom. The number of rotatable bonds is 6. The second-order valence-corrected chi connectivity index (χ2v) is 8.23. The van der Waals surface area contributed by atoms with Crippen LogP contribution in [0.4, 0.5) is 0 Å². The maximum absolute atomic E-state index is 12.4. The Morgan fingerprint density at radius 2 is 2.07 bits per heavy atom. The van der Waals surface area contributed by atoms with Gasteiger partial charge in [-0.2, -0.15) is 0 Å². The molecule has 1 atom stereocenters. The van der Waals surface area contributed by atoms with Crippen LogP contribution in [-0.2, 0) is 11.2 Å². The smallest absolute Gasteiger partial charge is 0.258 e. The Bertz CT molecular complexity index is 911. The Kier molecular flexibility index (Phi) is 5.78. The van der Waals surface area contributed by atoms with Crippen LogP contribution in [0.2, 0.25) is 0 Å². The minimum absolute atomic E-state index is 0.118. The van der Waals surface area contributed by atoms with Crippen molar-refractivity contribution in [1.29, 1.82) is 0 Å². The first-order valence-electron chi connectivity index (χ1n) is 9.75. The van der Waals surface area contributed by atoms with Gasteiger partial charge >= 0.3 is 0 Å². The van der Waals surface area contributed by atoms with E-state index in [1.54, 1.807) is 6.07 Å². The molecule has 0 saturated carbocycles. The number of carbonyl (C=O) groups excluding carboxylic acids is 1. The number of nitrogens with one attached hydrogen (secondary N) is 1. The molecule has 1 aliphatic heterocycles. The molecule has 0 unspecified atom stereocenters. The number of para-hydroxylation sites is 1. The van der Waals surface area contributed by atoms with Crippen LogP contribution in [0.1, 0.15) is 52.3 Å². The zero-order valence-electron chi connectivity index (χ0n) is 16.5. The number of hydrogen-bond acceptors (Lipinski definition) is 3. The fourth-order valence-electron chi connectivity index (χ4n) is 3.81. The van der Waals surface area contributed by atoms with Crippen LogP contribution in [0.5, 0.6) is 0 Å². The van der Waals surface area contributed by atoms with Gasteiger partial charge in [0.05, 0.1) is 10.9 Å². The molecule has 1 fully saturated rings. The summed E-state index contributed by atoms with van der Waals surface area (Å²) in [5.74, 6) is 0.848. The van der Waals surface area contributed by atoms with Gasteiger partial charge in [0.1, 0.15) is 5.82 Å². The van der Waals surface area contributed by atoms with E-state index in [4.69, 9.17) is 0 Å². The van der Waals surface area contributed by atoms with E-state index in [2.05, 4.69) is 36.8 Å². The number of piperidine rings is 1. The minimum atomic E-state index is -0.118. The molecule has 0 radical (unpaired) electrons. The summed E-state index contributed by atoms with van der Waals surface area (Å²) in [6.45, 7) is 7.90. The molecule has 0 aliphatic carbocycles. The predicted octanol–water partition coefficient (Wildman–Crippen LogP) is 3.84. The lowest BCUT2D eigenvalue weighted by Gasteiger charge is -2.40. The molecule has 5 nitrogen and oxygen atoms in total. The number of aromatic amines is 1. The van der Waals surface area contributed by atoms with Crippen molar-refractivity contribution >= 4 is 16.8 Å². The summed E-state index contributed by atoms with van der Waals surface area (Å²) in [6, 6.07) is 7.34. The molecule has 1 saturated heterocycles. The van der Waals surface area contributed by atoms with E-state index in [0.29, 0.717) is 36.1 Å². The zero-order chi connectivity index (χ0) is 19.4. The van der Waals surface area contributed by atoms with Crippen LogP contribution in [0.3, 0.4) is 0 Å². The van der Waals surface area contributed by atoms with Gasteiger partial charge in [-0.15, -0.1) is 0 Å². The third kappa shape index (κ3) is 4.85. The van der Waals surface area contributed by atoms with Crippen molar-refractivity contribution in [2.75, 3.05) is 13.1 Å². The van der Waals surface area contributed by atoms with Gasteiger partial charge in [-0.25, -0.2) is 4.98 Å². The summed E-state index contributed by atoms with van der Waals surface area (Å²) in [5.41, 5.74) is 2.08. The number of fused-ring (bicyclic) bond motifs is 1. The molecular weight excluding hydrogens is 338 g/mol. The number of nitrogens with zero attached hydrogens (tertiary/aromatic N) is 2. The first-order valence-corrected chi connectivity index (χ1v) is 9.75. The molecule has 1 N–H and O–H groups in total. The zero-order valence-corrected chi connectivity index (χ0v) is 16.5. The van der Waals surface area contributed by atoms with Crippen LogP contribution in [-0.4, -0.2) is 33.9 Å². The molecule has 1 aromatic carbocycles. The van der Waals surface area contributed by atoms with Crippen molar-refractivity contribution < 1.29 is 4.79 Å². The molecule has 0 bridgehead atoms. The molecule has 1 aliphatic rings. The van der Waals surface area contributed by atoms with E-state index in [1.165, 1.54) is 5.57 Å². The highest BCUT2D eigenvalue weighted by Gasteiger charge is 2.34. The normalized spacial score (nSPS) is 20.1. The second-order valence-electron chi connectivity index (χ2n) is 8.23. The van der Waals surface area contributed by atoms with Crippen molar-refractivity contribution in [3.05, 3.63) is 52.1 Å². The maximum Gasteiger partial charge on any atom is 0.258 e. The van der Waals surface area contributed by atoms with Crippen LogP contribution in [0.15, 0.2) is 40.7 Å². The highest BCUT2D eigenvalue weighted by molar-refractivity contribution is 5.78. The quantitative estimate of drug-likeness (QED) is 0.789. The highest BCUT2D eigenvalue weighted by atomic mass is 16.2. The highest BCUT2D eigenvalue weighted by Crippen LogP contribution is 2.34. The number of allylic oxidation sites excluding steroid dienone is 2. The minimum Gasteiger partial charge on any atom is -0.342 e. The van der Waals surface area contributed by atoms with Gasteiger partial charge in [-0.05, 0) is 50.7 Å². The van der Waals surface area contributed by atoms with Crippen molar-refractivity contribution in [2.45, 2.75) is 52.9 Å². The molecule has 3 rings (SSSR count). The first-order chi connectivity index (χ1) is 12.9. The molecule has 0 spiro atoms. The molecule has 2 aromatic rings. The lowest BCUT2D eigenvalue weighted by molar-refractivity contribution is -0.137. The third-order valence-electron chi connectivity index (χ3n) is 5.45. The van der Waals surface area contributed by atoms with Gasteiger partial charge in [-0.3, -0.25) is 9.59 Å². The number of H-pyrrole nitrogens is 1. The lowest BCUT2D eigenvalue weighted by Crippen LogP contribution is -2.46. The van der Waals surface area contributed by atoms with Gasteiger partial charge in [0.15, 0.2) is 0 Å². The maximum atomic E-state index is 12.4. The molecule has 1 aromatic heterocycles. The van der Waals surface area contributed by atoms with Gasteiger partial charge in [0.25, 0.3) is 5.56 Å². The Morgan fingerprint density at radius 1 is 1.30 bits per heavy atom. The number of aromatic nitrogens is 2. The molecule has 1 amide bonds. The van der Waals surface area contributed by atoms with Gasteiger partial charge in [0, 0.05) is 25.9 Å². The summed E-state index contributed by atoms with van der Waals surface area (Å²) < 4.78 is 0. The third-order valence-corrected chi connectivity index (χ3v) is 5.45. The van der Waals surface area contributed by atoms with Gasteiger partial charge in [-0.1, -0.05) is 30.7 Å². The van der Waals surface area contributed by atoms with Crippen LogP contribution >= 0.6 is 0 Å². The second kappa shape index (κ2) is 8.07. The first kappa shape index (κ1) is 19.3. The van der Waals surface area contributed by atoms with E-state index >= 15 is 0 Å². The number of benzene rings is 1.